The maximum atomic E-state index is 14.5. The van der Waals surface area contributed by atoms with Crippen LogP contribution in [0.2, 0.25) is 10.2 Å². The Bertz CT molecular complexity index is 1280. The summed E-state index contributed by atoms with van der Waals surface area (Å²) in [7, 11) is 0. The first kappa shape index (κ1) is 22.4. The molecule has 7 nitrogen and oxygen atoms in total. The normalized spacial score (nSPS) is 15.1. The van der Waals surface area contributed by atoms with E-state index in [-0.39, 0.29) is 35.4 Å². The zero-order valence-corrected chi connectivity index (χ0v) is 19.2. The number of carbonyl (C=O) groups excluding carboxylic acids is 2. The van der Waals surface area contributed by atoms with Gasteiger partial charge in [-0.1, -0.05) is 23.2 Å². The van der Waals surface area contributed by atoms with Crippen molar-refractivity contribution in [2.75, 3.05) is 31.6 Å². The molecule has 174 valence electrons. The third-order valence-electron chi connectivity index (χ3n) is 5.63. The van der Waals surface area contributed by atoms with Gasteiger partial charge in [0, 0.05) is 47.4 Å². The standard InChI is InChI=1S/C24H18Cl2FN3O4/c25-15-2-3-20(16(5-15)14-1-4-22(26)28-8-14)33-11-13-9-30(10-13)24(32)17-6-19-21(7-18(17)27)34-12-23(31)29-19/h1-8,13H,9-12H2,(H,29,31). The van der Waals surface area contributed by atoms with Crippen LogP contribution < -0.4 is 14.8 Å². The largest absolute Gasteiger partial charge is 0.493 e. The minimum absolute atomic E-state index is 0.0829. The summed E-state index contributed by atoms with van der Waals surface area (Å²) in [6.07, 6.45) is 1.64. The third-order valence-corrected chi connectivity index (χ3v) is 6.09. The van der Waals surface area contributed by atoms with Crippen LogP contribution in [0.15, 0.2) is 48.7 Å². The molecule has 2 aliphatic rings. The smallest absolute Gasteiger partial charge is 0.262 e. The molecule has 10 heteroatoms. The van der Waals surface area contributed by atoms with Crippen molar-refractivity contribution >= 4 is 40.7 Å². The lowest BCUT2D eigenvalue weighted by molar-refractivity contribution is -0.118. The number of rotatable bonds is 5. The molecule has 2 aromatic carbocycles. The molecule has 0 atom stereocenters. The van der Waals surface area contributed by atoms with Crippen LogP contribution >= 0.6 is 23.2 Å². The number of fused-ring (bicyclic) bond motifs is 1. The third kappa shape index (κ3) is 4.51. The van der Waals surface area contributed by atoms with Crippen molar-refractivity contribution in [3.8, 4) is 22.6 Å². The molecule has 0 unspecified atom stereocenters. The fraction of sp³-hybridized carbons (Fsp3) is 0.208. The van der Waals surface area contributed by atoms with Crippen molar-refractivity contribution in [2.24, 2.45) is 5.92 Å². The Hall–Kier alpha value is -3.36. The molecule has 1 N–H and O–H groups in total. The molecule has 0 saturated carbocycles. The monoisotopic (exact) mass is 501 g/mol. The summed E-state index contributed by atoms with van der Waals surface area (Å²) in [5.41, 5.74) is 1.77. The van der Waals surface area contributed by atoms with Gasteiger partial charge in [-0.25, -0.2) is 9.37 Å². The van der Waals surface area contributed by atoms with E-state index in [1.165, 1.54) is 11.0 Å². The summed E-state index contributed by atoms with van der Waals surface area (Å²) in [6, 6.07) is 11.3. The Labute approximate surface area is 204 Å². The first-order valence-corrected chi connectivity index (χ1v) is 11.2. The number of nitrogens with zero attached hydrogens (tertiary/aromatic N) is 2. The molecule has 3 heterocycles. The summed E-state index contributed by atoms with van der Waals surface area (Å²) in [5.74, 6) is -0.570. The topological polar surface area (TPSA) is 80.8 Å². The maximum Gasteiger partial charge on any atom is 0.262 e. The van der Waals surface area contributed by atoms with Crippen molar-refractivity contribution in [1.82, 2.24) is 9.88 Å². The molecule has 34 heavy (non-hydrogen) atoms. The summed E-state index contributed by atoms with van der Waals surface area (Å²) >= 11 is 12.1. The first-order valence-electron chi connectivity index (χ1n) is 10.5. The van der Waals surface area contributed by atoms with Gasteiger partial charge in [-0.05, 0) is 36.4 Å². The number of aromatic nitrogens is 1. The van der Waals surface area contributed by atoms with Gasteiger partial charge in [0.1, 0.15) is 22.5 Å². The lowest BCUT2D eigenvalue weighted by atomic mass is 9.99. The second-order valence-electron chi connectivity index (χ2n) is 8.06. The van der Waals surface area contributed by atoms with Gasteiger partial charge in [0.15, 0.2) is 6.61 Å². The van der Waals surface area contributed by atoms with Crippen LogP contribution in [0.25, 0.3) is 11.1 Å². The van der Waals surface area contributed by atoms with E-state index in [1.54, 1.807) is 30.5 Å². The summed E-state index contributed by atoms with van der Waals surface area (Å²) < 4.78 is 25.7. The average molecular weight is 502 g/mol. The number of ether oxygens (including phenoxy) is 2. The van der Waals surface area contributed by atoms with E-state index in [9.17, 15) is 14.0 Å². The second kappa shape index (κ2) is 9.12. The summed E-state index contributed by atoms with van der Waals surface area (Å²) in [4.78, 5) is 30.0. The molecule has 1 fully saturated rings. The Morgan fingerprint density at radius 1 is 1.21 bits per heavy atom. The van der Waals surface area contributed by atoms with E-state index in [1.807, 2.05) is 6.07 Å². The van der Waals surface area contributed by atoms with Crippen molar-refractivity contribution in [1.29, 1.82) is 0 Å². The van der Waals surface area contributed by atoms with Crippen LogP contribution in [-0.4, -0.2) is 48.0 Å². The van der Waals surface area contributed by atoms with Crippen molar-refractivity contribution in [3.63, 3.8) is 0 Å². The van der Waals surface area contributed by atoms with E-state index >= 15 is 0 Å². The van der Waals surface area contributed by atoms with Crippen molar-refractivity contribution < 1.29 is 23.5 Å². The number of likely N-dealkylation sites (tertiary alicyclic amines) is 1. The molecular formula is C24H18Cl2FN3O4. The quantitative estimate of drug-likeness (QED) is 0.513. The minimum atomic E-state index is -0.693. The maximum absolute atomic E-state index is 14.5. The second-order valence-corrected chi connectivity index (χ2v) is 8.89. The van der Waals surface area contributed by atoms with E-state index in [0.717, 1.165) is 17.2 Å². The number of hydrogen-bond acceptors (Lipinski definition) is 5. The molecule has 3 aromatic rings. The lowest BCUT2D eigenvalue weighted by Gasteiger charge is -2.39. The summed E-state index contributed by atoms with van der Waals surface area (Å²) in [5, 5.41) is 3.54. The summed E-state index contributed by atoms with van der Waals surface area (Å²) in [6.45, 7) is 1.03. The zero-order chi connectivity index (χ0) is 23.8. The van der Waals surface area contributed by atoms with E-state index in [0.29, 0.717) is 35.6 Å². The van der Waals surface area contributed by atoms with Gasteiger partial charge in [0.2, 0.25) is 0 Å². The number of hydrogen-bond donors (Lipinski definition) is 1. The molecule has 1 aromatic heterocycles. The van der Waals surface area contributed by atoms with Crippen molar-refractivity contribution in [2.45, 2.75) is 0 Å². The first-order chi connectivity index (χ1) is 16.4. The average Bonchev–Trinajstić information content (AvgIpc) is 2.79. The van der Waals surface area contributed by atoms with Crippen LogP contribution in [0, 0.1) is 11.7 Å². The van der Waals surface area contributed by atoms with Gasteiger partial charge in [-0.3, -0.25) is 9.59 Å². The molecule has 2 amide bonds. The highest BCUT2D eigenvalue weighted by atomic mass is 35.5. The predicted octanol–water partition coefficient (Wildman–Crippen LogP) is 4.68. The molecule has 0 aliphatic carbocycles. The lowest BCUT2D eigenvalue weighted by Crippen LogP contribution is -2.52. The fourth-order valence-electron chi connectivity index (χ4n) is 3.87. The van der Waals surface area contributed by atoms with E-state index < -0.39 is 11.7 Å². The number of halogens is 3. The number of benzene rings is 2. The Morgan fingerprint density at radius 3 is 2.79 bits per heavy atom. The van der Waals surface area contributed by atoms with Crippen LogP contribution in [0.1, 0.15) is 10.4 Å². The van der Waals surface area contributed by atoms with E-state index in [2.05, 4.69) is 10.3 Å². The Kier molecular flexibility index (Phi) is 6.02. The van der Waals surface area contributed by atoms with Gasteiger partial charge in [-0.15, -0.1) is 0 Å². The molecular weight excluding hydrogens is 484 g/mol. The number of pyridine rings is 1. The molecule has 1 saturated heterocycles. The van der Waals surface area contributed by atoms with Gasteiger partial charge in [-0.2, -0.15) is 0 Å². The number of anilines is 1. The molecule has 0 bridgehead atoms. The highest BCUT2D eigenvalue weighted by Gasteiger charge is 2.34. The van der Waals surface area contributed by atoms with Crippen LogP contribution in [-0.2, 0) is 4.79 Å². The Morgan fingerprint density at radius 2 is 2.03 bits per heavy atom. The predicted molar refractivity (Wildman–Crippen MR) is 125 cm³/mol. The Balaban J connectivity index is 1.23. The molecule has 0 radical (unpaired) electrons. The van der Waals surface area contributed by atoms with Gasteiger partial charge in [0.25, 0.3) is 11.8 Å². The molecule has 0 spiro atoms. The molecule has 2 aliphatic heterocycles. The zero-order valence-electron chi connectivity index (χ0n) is 17.7. The highest BCUT2D eigenvalue weighted by Crippen LogP contribution is 2.34. The van der Waals surface area contributed by atoms with Gasteiger partial charge < -0.3 is 19.7 Å². The number of nitrogens with one attached hydrogen (secondary N) is 1. The van der Waals surface area contributed by atoms with Crippen molar-refractivity contribution in [3.05, 3.63) is 70.2 Å². The molecule has 5 rings (SSSR count). The van der Waals surface area contributed by atoms with Gasteiger partial charge in [0.05, 0.1) is 17.9 Å². The number of amides is 2. The SMILES string of the molecule is O=C1COc2cc(F)c(C(=O)N3CC(COc4ccc(Cl)cc4-c4ccc(Cl)nc4)C3)cc2N1. The highest BCUT2D eigenvalue weighted by molar-refractivity contribution is 6.31. The van der Waals surface area contributed by atoms with Crippen LogP contribution in [0.4, 0.5) is 10.1 Å². The number of carbonyl (C=O) groups is 2. The fourth-order valence-corrected chi connectivity index (χ4v) is 4.16. The van der Waals surface area contributed by atoms with Crippen LogP contribution in [0.5, 0.6) is 11.5 Å². The van der Waals surface area contributed by atoms with Gasteiger partial charge >= 0.3 is 0 Å². The minimum Gasteiger partial charge on any atom is -0.493 e. The van der Waals surface area contributed by atoms with Crippen LogP contribution in [0.3, 0.4) is 0 Å². The van der Waals surface area contributed by atoms with E-state index in [4.69, 9.17) is 32.7 Å².